The van der Waals surface area contributed by atoms with E-state index in [2.05, 4.69) is 0 Å². The largest absolute Gasteiger partial charge is 0.315 e. The van der Waals surface area contributed by atoms with Gasteiger partial charge in [0.25, 0.3) is 5.91 Å². The summed E-state index contributed by atoms with van der Waals surface area (Å²) in [6.07, 6.45) is 0.319. The van der Waals surface area contributed by atoms with Crippen molar-refractivity contribution >= 4 is 29.3 Å². The third-order valence-electron chi connectivity index (χ3n) is 5.28. The van der Waals surface area contributed by atoms with Crippen LogP contribution in [0.5, 0.6) is 0 Å². The molecule has 1 spiro atoms. The molecule has 2 aromatic carbocycles. The maximum atomic E-state index is 13.7. The Morgan fingerprint density at radius 1 is 1.18 bits per heavy atom. The van der Waals surface area contributed by atoms with Crippen molar-refractivity contribution in [2.75, 3.05) is 17.2 Å². The summed E-state index contributed by atoms with van der Waals surface area (Å²) in [6.45, 7) is 4.36. The zero-order valence-electron chi connectivity index (χ0n) is 15.7. The second kappa shape index (κ2) is 6.88. The predicted molar refractivity (Wildman–Crippen MR) is 105 cm³/mol. The summed E-state index contributed by atoms with van der Waals surface area (Å²) >= 11 is 1.46. The van der Waals surface area contributed by atoms with E-state index < -0.39 is 16.5 Å². The fourth-order valence-electron chi connectivity index (χ4n) is 3.95. The number of fused-ring (bicyclic) bond motifs is 2. The molecule has 0 unspecified atom stereocenters. The summed E-state index contributed by atoms with van der Waals surface area (Å²) in [5.74, 6) is -1.47. The van der Waals surface area contributed by atoms with Gasteiger partial charge in [-0.15, -0.1) is 11.8 Å². The summed E-state index contributed by atoms with van der Waals surface area (Å²) in [7, 11) is 0. The Bertz CT molecular complexity index is 981. The number of halogens is 2. The molecule has 2 aromatic rings. The van der Waals surface area contributed by atoms with Crippen LogP contribution in [0.3, 0.4) is 0 Å². The van der Waals surface area contributed by atoms with Crippen LogP contribution in [-0.4, -0.2) is 29.0 Å². The summed E-state index contributed by atoms with van der Waals surface area (Å²) < 4.78 is 27.0. The summed E-state index contributed by atoms with van der Waals surface area (Å²) in [5, 5.41) is 0. The molecular formula is C21H20F2N2O2S. The highest BCUT2D eigenvalue weighted by Crippen LogP contribution is 2.54. The number of benzene rings is 2. The second-order valence-corrected chi connectivity index (χ2v) is 8.34. The summed E-state index contributed by atoms with van der Waals surface area (Å²) in [6, 6.07) is 9.38. The highest BCUT2D eigenvalue weighted by Gasteiger charge is 2.59. The Morgan fingerprint density at radius 2 is 1.96 bits per heavy atom. The van der Waals surface area contributed by atoms with Gasteiger partial charge in [-0.1, -0.05) is 30.7 Å². The smallest absolute Gasteiger partial charge is 0.268 e. The van der Waals surface area contributed by atoms with Crippen LogP contribution in [0.15, 0.2) is 36.4 Å². The van der Waals surface area contributed by atoms with Crippen LogP contribution in [0.2, 0.25) is 0 Å². The molecule has 146 valence electrons. The molecular weight excluding hydrogens is 382 g/mol. The van der Waals surface area contributed by atoms with Gasteiger partial charge < -0.3 is 9.80 Å². The lowest BCUT2D eigenvalue weighted by Crippen LogP contribution is -2.50. The molecule has 4 rings (SSSR count). The van der Waals surface area contributed by atoms with Gasteiger partial charge in [0.2, 0.25) is 5.91 Å². The van der Waals surface area contributed by atoms with Crippen molar-refractivity contribution in [2.24, 2.45) is 0 Å². The van der Waals surface area contributed by atoms with Gasteiger partial charge in [-0.3, -0.25) is 9.59 Å². The first-order chi connectivity index (χ1) is 13.4. The number of rotatable bonds is 3. The molecule has 0 aliphatic carbocycles. The maximum Gasteiger partial charge on any atom is 0.268 e. The second-order valence-electron chi connectivity index (χ2n) is 7.05. The van der Waals surface area contributed by atoms with Crippen molar-refractivity contribution in [1.29, 1.82) is 0 Å². The average molecular weight is 402 g/mol. The number of carbonyl (C=O) groups excluding carboxylic acids is 2. The normalized spacial score (nSPS) is 20.9. The molecule has 0 N–H and O–H groups in total. The summed E-state index contributed by atoms with van der Waals surface area (Å²) in [4.78, 5) is 28.4. The van der Waals surface area contributed by atoms with Crippen molar-refractivity contribution in [1.82, 2.24) is 4.90 Å². The van der Waals surface area contributed by atoms with Gasteiger partial charge in [-0.2, -0.15) is 0 Å². The molecule has 0 saturated carbocycles. The van der Waals surface area contributed by atoms with Gasteiger partial charge >= 0.3 is 0 Å². The number of nitrogens with zero attached hydrogens (tertiary/aromatic N) is 2. The Morgan fingerprint density at radius 3 is 2.68 bits per heavy atom. The lowest BCUT2D eigenvalue weighted by molar-refractivity contribution is -0.139. The van der Waals surface area contributed by atoms with E-state index >= 15 is 0 Å². The lowest BCUT2D eigenvalue weighted by atomic mass is 10.0. The zero-order valence-corrected chi connectivity index (χ0v) is 16.5. The number of amides is 2. The van der Waals surface area contributed by atoms with Crippen molar-refractivity contribution in [3.63, 3.8) is 0 Å². The van der Waals surface area contributed by atoms with Crippen LogP contribution in [0, 0.1) is 18.6 Å². The van der Waals surface area contributed by atoms with Crippen LogP contribution in [0.25, 0.3) is 0 Å². The number of hydrogen-bond donors (Lipinski definition) is 0. The summed E-state index contributed by atoms with van der Waals surface area (Å²) in [5.41, 5.74) is 3.00. The van der Waals surface area contributed by atoms with Crippen molar-refractivity contribution in [3.05, 3.63) is 64.7 Å². The first kappa shape index (κ1) is 18.9. The Labute approximate surface area is 166 Å². The third-order valence-corrected chi connectivity index (χ3v) is 6.70. The molecule has 1 fully saturated rings. The Balaban J connectivity index is 1.81. The molecule has 7 heteroatoms. The standard InChI is InChI=1S/C21H20F2N2O2S/c1-3-19(26)25-8-9-28-21(25)15-10-13(2)4-7-18(15)24(20(21)27)12-14-5-6-16(22)17(23)11-14/h4-7,10-11H,3,8-9,12H2,1-2H3/t21-/m0/s1. The van der Waals surface area contributed by atoms with E-state index in [1.165, 1.54) is 17.8 Å². The van der Waals surface area contributed by atoms with E-state index in [4.69, 9.17) is 0 Å². The molecule has 2 heterocycles. The van der Waals surface area contributed by atoms with Gasteiger partial charge in [0.1, 0.15) is 0 Å². The number of anilines is 1. The van der Waals surface area contributed by atoms with E-state index in [9.17, 15) is 18.4 Å². The molecule has 2 amide bonds. The number of hydrogen-bond acceptors (Lipinski definition) is 3. The van der Waals surface area contributed by atoms with Crippen LogP contribution in [0.4, 0.5) is 14.5 Å². The molecule has 0 bridgehead atoms. The van der Waals surface area contributed by atoms with Crippen LogP contribution >= 0.6 is 11.8 Å². The zero-order chi connectivity index (χ0) is 20.1. The molecule has 1 saturated heterocycles. The molecule has 2 aliphatic heterocycles. The van der Waals surface area contributed by atoms with Crippen molar-refractivity contribution in [3.8, 4) is 0 Å². The minimum absolute atomic E-state index is 0.0690. The average Bonchev–Trinajstić information content (AvgIpc) is 3.21. The van der Waals surface area contributed by atoms with E-state index in [-0.39, 0.29) is 18.4 Å². The van der Waals surface area contributed by atoms with Crippen LogP contribution < -0.4 is 4.90 Å². The fraction of sp³-hybridized carbons (Fsp3) is 0.333. The number of thioether (sulfide) groups is 1. The minimum atomic E-state index is -1.08. The van der Waals surface area contributed by atoms with Crippen LogP contribution in [-0.2, 0) is 21.0 Å². The van der Waals surface area contributed by atoms with E-state index in [1.807, 2.05) is 25.1 Å². The third kappa shape index (κ3) is 2.71. The molecule has 4 nitrogen and oxygen atoms in total. The van der Waals surface area contributed by atoms with Crippen LogP contribution in [0.1, 0.15) is 30.0 Å². The first-order valence-electron chi connectivity index (χ1n) is 9.20. The Kier molecular flexibility index (Phi) is 4.65. The van der Waals surface area contributed by atoms with Gasteiger partial charge in [0.05, 0.1) is 12.2 Å². The molecule has 28 heavy (non-hydrogen) atoms. The SMILES string of the molecule is CCC(=O)N1CCS[C@@]12C(=O)N(Cc1ccc(F)c(F)c1)c1ccc(C)cc12. The van der Waals surface area contributed by atoms with Crippen molar-refractivity contribution < 1.29 is 18.4 Å². The Hall–Kier alpha value is -2.41. The molecule has 2 aliphatic rings. The molecule has 0 aromatic heterocycles. The number of carbonyl (C=O) groups is 2. The van der Waals surface area contributed by atoms with E-state index in [0.29, 0.717) is 30.0 Å². The number of aryl methyl sites for hydroxylation is 1. The topological polar surface area (TPSA) is 40.6 Å². The highest BCUT2D eigenvalue weighted by atomic mass is 32.2. The quantitative estimate of drug-likeness (QED) is 0.780. The minimum Gasteiger partial charge on any atom is -0.315 e. The molecule has 0 radical (unpaired) electrons. The van der Waals surface area contributed by atoms with E-state index in [0.717, 1.165) is 23.3 Å². The van der Waals surface area contributed by atoms with Gasteiger partial charge in [-0.05, 0) is 30.7 Å². The maximum absolute atomic E-state index is 13.7. The van der Waals surface area contributed by atoms with Gasteiger partial charge in [-0.25, -0.2) is 8.78 Å². The van der Waals surface area contributed by atoms with Gasteiger partial charge in [0, 0.05) is 24.3 Å². The highest BCUT2D eigenvalue weighted by molar-refractivity contribution is 8.01. The first-order valence-corrected chi connectivity index (χ1v) is 10.2. The monoisotopic (exact) mass is 402 g/mol. The lowest BCUT2D eigenvalue weighted by Gasteiger charge is -2.33. The predicted octanol–water partition coefficient (Wildman–Crippen LogP) is 3.96. The van der Waals surface area contributed by atoms with E-state index in [1.54, 1.807) is 16.7 Å². The fourth-order valence-corrected chi connectivity index (χ4v) is 5.42. The van der Waals surface area contributed by atoms with Gasteiger partial charge in [0.15, 0.2) is 16.5 Å². The van der Waals surface area contributed by atoms with Crippen molar-refractivity contribution in [2.45, 2.75) is 31.7 Å². The molecule has 1 atom stereocenters.